The fraction of sp³-hybridized carbons (Fsp3) is 0.0417. The van der Waals surface area contributed by atoms with E-state index in [1.54, 1.807) is 0 Å². The highest BCUT2D eigenvalue weighted by Crippen LogP contribution is 2.44. The number of furan rings is 1. The van der Waals surface area contributed by atoms with Crippen molar-refractivity contribution in [2.45, 2.75) is 13.1 Å². The van der Waals surface area contributed by atoms with Crippen LogP contribution in [0.1, 0.15) is 0 Å². The van der Waals surface area contributed by atoms with Crippen LogP contribution in [0.25, 0.3) is 75.1 Å². The van der Waals surface area contributed by atoms with Crippen LogP contribution >= 0.6 is 11.3 Å². The molecule has 1 aliphatic rings. The lowest BCUT2D eigenvalue weighted by atomic mass is 9.97. The van der Waals surface area contributed by atoms with Gasteiger partial charge in [-0.3, -0.25) is 0 Å². The van der Waals surface area contributed by atoms with Crippen molar-refractivity contribution < 1.29 is 4.42 Å². The van der Waals surface area contributed by atoms with Crippen molar-refractivity contribution in [1.82, 2.24) is 0 Å². The molecule has 0 saturated heterocycles. The second kappa shape index (κ2) is 11.0. The van der Waals surface area contributed by atoms with Gasteiger partial charge >= 0.3 is 0 Å². The molecule has 0 aliphatic carbocycles. The Kier molecular flexibility index (Phi) is 6.31. The maximum atomic E-state index is 6.38. The predicted molar refractivity (Wildman–Crippen MR) is 226 cm³/mol. The van der Waals surface area contributed by atoms with Crippen LogP contribution in [0.4, 0.5) is 17.1 Å². The molecule has 0 N–H and O–H groups in total. The molecule has 0 saturated carbocycles. The van der Waals surface area contributed by atoms with Crippen molar-refractivity contribution in [1.29, 1.82) is 0 Å². The third-order valence-electron chi connectivity index (χ3n) is 11.2. The summed E-state index contributed by atoms with van der Waals surface area (Å²) in [6, 6.07) is 60.4. The highest BCUT2D eigenvalue weighted by Gasteiger charge is 2.39. The molecule has 0 fully saturated rings. The lowest BCUT2D eigenvalue weighted by Gasteiger charge is -2.28. The van der Waals surface area contributed by atoms with E-state index in [-0.39, 0.29) is 0 Å². The first-order valence-corrected chi connectivity index (χ1v) is 21.7. The third-order valence-corrected chi connectivity index (χ3v) is 15.9. The van der Waals surface area contributed by atoms with Gasteiger partial charge in [0.15, 0.2) is 0 Å². The van der Waals surface area contributed by atoms with Gasteiger partial charge < -0.3 is 9.32 Å². The van der Waals surface area contributed by atoms with E-state index < -0.39 is 8.07 Å². The van der Waals surface area contributed by atoms with Crippen LogP contribution in [-0.4, -0.2) is 8.07 Å². The highest BCUT2D eigenvalue weighted by atomic mass is 32.1. The Morgan fingerprint density at radius 3 is 2.12 bits per heavy atom. The van der Waals surface area contributed by atoms with E-state index in [9.17, 15) is 0 Å². The number of fused-ring (bicyclic) bond motifs is 11. The second-order valence-electron chi connectivity index (χ2n) is 14.5. The highest BCUT2D eigenvalue weighted by molar-refractivity contribution is 7.25. The van der Waals surface area contributed by atoms with E-state index in [1.807, 2.05) is 11.3 Å². The quantitative estimate of drug-likeness (QED) is 0.170. The summed E-state index contributed by atoms with van der Waals surface area (Å²) in [7, 11) is -2.07. The van der Waals surface area contributed by atoms with Gasteiger partial charge in [-0.15, -0.1) is 11.3 Å². The Morgan fingerprint density at radius 1 is 0.481 bits per heavy atom. The fourth-order valence-corrected chi connectivity index (χ4v) is 12.9. The molecule has 2 nitrogen and oxygen atoms in total. The predicted octanol–water partition coefficient (Wildman–Crippen LogP) is 13.0. The zero-order valence-electron chi connectivity index (χ0n) is 28.9. The first kappa shape index (κ1) is 29.8. The molecule has 52 heavy (non-hydrogen) atoms. The second-order valence-corrected chi connectivity index (χ2v) is 19.9. The van der Waals surface area contributed by atoms with Gasteiger partial charge in [0.05, 0.1) is 0 Å². The van der Waals surface area contributed by atoms with Gasteiger partial charge in [-0.1, -0.05) is 116 Å². The van der Waals surface area contributed by atoms with Gasteiger partial charge in [0.25, 0.3) is 0 Å². The van der Waals surface area contributed by atoms with Crippen LogP contribution in [0.15, 0.2) is 168 Å². The standard InChI is InChI=1S/C48H33NOSSi/c1-52(2)45-26-24-42-47(38-17-5-7-19-41(38)50-42)48(45)39-23-21-34(29-46(39)52)49(33-22-25-44-40(28-33)37-16-6-8-20-43(37)51-44)32-14-9-13-31(27-32)36-18-10-12-30-11-3-4-15-35(30)36/h3-29H,1-2H3. The number of para-hydroxylation sites is 1. The van der Waals surface area contributed by atoms with Crippen LogP contribution < -0.4 is 15.3 Å². The minimum absolute atomic E-state index is 0.948. The Morgan fingerprint density at radius 2 is 1.19 bits per heavy atom. The molecule has 0 atom stereocenters. The molecular formula is C48H33NOSSi. The maximum absolute atomic E-state index is 6.38. The van der Waals surface area contributed by atoms with Crippen LogP contribution in [0, 0.1) is 0 Å². The summed E-state index contributed by atoms with van der Waals surface area (Å²) in [6.45, 7) is 5.01. The Hall–Kier alpha value is -5.94. The normalized spacial score (nSPS) is 13.3. The summed E-state index contributed by atoms with van der Waals surface area (Å²) in [6.07, 6.45) is 0. The van der Waals surface area contributed by atoms with Crippen molar-refractivity contribution in [3.05, 3.63) is 164 Å². The molecule has 0 radical (unpaired) electrons. The van der Waals surface area contributed by atoms with Gasteiger partial charge in [0, 0.05) is 48.0 Å². The zero-order valence-corrected chi connectivity index (χ0v) is 30.7. The Labute approximate surface area is 306 Å². The lowest BCUT2D eigenvalue weighted by molar-refractivity contribution is 0.669. The maximum Gasteiger partial charge on any atom is 0.136 e. The number of anilines is 3. The third kappa shape index (κ3) is 4.29. The number of hydrogen-bond acceptors (Lipinski definition) is 3. The van der Waals surface area contributed by atoms with Gasteiger partial charge in [-0.05, 0) is 104 Å². The van der Waals surface area contributed by atoms with E-state index in [4.69, 9.17) is 4.42 Å². The molecule has 1 aliphatic heterocycles. The molecule has 246 valence electrons. The zero-order chi connectivity index (χ0) is 34.6. The van der Waals surface area contributed by atoms with Crippen LogP contribution in [0.3, 0.4) is 0 Å². The van der Waals surface area contributed by atoms with E-state index in [1.165, 1.54) is 80.0 Å². The average molecular weight is 700 g/mol. The van der Waals surface area contributed by atoms with Crippen molar-refractivity contribution >= 4 is 99.7 Å². The van der Waals surface area contributed by atoms with E-state index in [0.29, 0.717) is 0 Å². The number of nitrogens with zero attached hydrogens (tertiary/aromatic N) is 1. The van der Waals surface area contributed by atoms with E-state index in [2.05, 4.69) is 182 Å². The van der Waals surface area contributed by atoms with Crippen LogP contribution in [0.5, 0.6) is 0 Å². The van der Waals surface area contributed by atoms with Crippen molar-refractivity contribution in [3.8, 4) is 22.3 Å². The van der Waals surface area contributed by atoms with Gasteiger partial charge in [0.1, 0.15) is 19.2 Å². The van der Waals surface area contributed by atoms with Crippen molar-refractivity contribution in [2.24, 2.45) is 0 Å². The number of rotatable bonds is 4. The molecule has 10 aromatic rings. The number of benzene rings is 8. The Bertz CT molecular complexity index is 3070. The summed E-state index contributed by atoms with van der Waals surface area (Å²) in [5.74, 6) is 0. The molecular weight excluding hydrogens is 667 g/mol. The summed E-state index contributed by atoms with van der Waals surface area (Å²) < 4.78 is 9.01. The molecule has 4 heteroatoms. The summed E-state index contributed by atoms with van der Waals surface area (Å²) >= 11 is 1.87. The molecule has 0 unspecified atom stereocenters. The molecule has 8 aromatic carbocycles. The largest absolute Gasteiger partial charge is 0.456 e. The number of hydrogen-bond donors (Lipinski definition) is 0. The smallest absolute Gasteiger partial charge is 0.136 e. The first-order valence-electron chi connectivity index (χ1n) is 17.9. The lowest BCUT2D eigenvalue weighted by Crippen LogP contribution is -2.49. The summed E-state index contributed by atoms with van der Waals surface area (Å²) in [4.78, 5) is 2.47. The fourth-order valence-electron chi connectivity index (χ4n) is 8.76. The van der Waals surface area contributed by atoms with Crippen LogP contribution in [-0.2, 0) is 0 Å². The molecule has 0 spiro atoms. The SMILES string of the molecule is C[Si]1(C)c2cc(N(c3cccc(-c4cccc5ccccc45)c3)c3ccc4sc5ccccc5c4c3)ccc2-c2c1ccc1oc3ccccc3c21. The van der Waals surface area contributed by atoms with E-state index >= 15 is 0 Å². The van der Waals surface area contributed by atoms with Crippen LogP contribution in [0.2, 0.25) is 13.1 Å². The van der Waals surface area contributed by atoms with Crippen molar-refractivity contribution in [2.75, 3.05) is 4.90 Å². The molecule has 11 rings (SSSR count). The van der Waals surface area contributed by atoms with Gasteiger partial charge in [-0.25, -0.2) is 0 Å². The molecule has 0 bridgehead atoms. The molecule has 3 heterocycles. The summed E-state index contributed by atoms with van der Waals surface area (Å²) in [5, 5.41) is 10.5. The molecule has 2 aromatic heterocycles. The minimum Gasteiger partial charge on any atom is -0.456 e. The first-order chi connectivity index (χ1) is 25.5. The van der Waals surface area contributed by atoms with Gasteiger partial charge in [-0.2, -0.15) is 0 Å². The van der Waals surface area contributed by atoms with Gasteiger partial charge in [0.2, 0.25) is 0 Å². The monoisotopic (exact) mass is 699 g/mol. The average Bonchev–Trinajstić information content (AvgIpc) is 3.82. The minimum atomic E-state index is -2.07. The number of thiophene rings is 1. The summed E-state index contributed by atoms with van der Waals surface area (Å²) in [5.41, 5.74) is 10.5. The molecule has 0 amide bonds. The topological polar surface area (TPSA) is 16.4 Å². The van der Waals surface area contributed by atoms with E-state index in [0.717, 1.165) is 22.5 Å². The Balaban J connectivity index is 1.14. The van der Waals surface area contributed by atoms with Crippen molar-refractivity contribution in [3.63, 3.8) is 0 Å².